The quantitative estimate of drug-likeness (QED) is 0.360. The number of para-hydroxylation sites is 1. The van der Waals surface area contributed by atoms with Crippen molar-refractivity contribution in [2.24, 2.45) is 4.99 Å². The summed E-state index contributed by atoms with van der Waals surface area (Å²) in [4.78, 5) is 31.7. The zero-order chi connectivity index (χ0) is 25.5. The monoisotopic (exact) mass is 504 g/mol. The molecule has 0 saturated heterocycles. The highest BCUT2D eigenvalue weighted by atomic mass is 32.1. The number of H-pyrrole nitrogens is 2. The predicted molar refractivity (Wildman–Crippen MR) is 146 cm³/mol. The summed E-state index contributed by atoms with van der Waals surface area (Å²) in [7, 11) is 1.64. The van der Waals surface area contributed by atoms with E-state index in [0.717, 1.165) is 48.8 Å². The lowest BCUT2D eigenvalue weighted by Gasteiger charge is -2.01. The second-order valence-electron chi connectivity index (χ2n) is 8.92. The summed E-state index contributed by atoms with van der Waals surface area (Å²) >= 11 is 1.44. The third kappa shape index (κ3) is 4.13. The van der Waals surface area contributed by atoms with Gasteiger partial charge in [0.1, 0.15) is 5.75 Å². The molecule has 4 aromatic heterocycles. The van der Waals surface area contributed by atoms with Crippen molar-refractivity contribution in [2.75, 3.05) is 7.11 Å². The SMILES string of the molecule is COc1c/c(=C2/N=c3ccccc3=C2C(=O)c2ccc(-c3ccccn3)s2)[nH]/c1=C\c1[nH]c(C)cc1C. The molecule has 0 aliphatic carbocycles. The minimum Gasteiger partial charge on any atom is -0.494 e. The molecule has 2 N–H and O–H groups in total. The lowest BCUT2D eigenvalue weighted by atomic mass is 10.0. The van der Waals surface area contributed by atoms with Crippen molar-refractivity contribution in [2.45, 2.75) is 13.8 Å². The predicted octanol–water partition coefficient (Wildman–Crippen LogP) is 3.40. The number of hydrogen-bond acceptors (Lipinski definition) is 5. The molecule has 0 radical (unpaired) electrons. The smallest absolute Gasteiger partial charge is 0.205 e. The second-order valence-corrected chi connectivity index (χ2v) is 10.0. The Hall–Kier alpha value is -4.49. The molecular formula is C30H24N4O2S. The zero-order valence-electron chi connectivity index (χ0n) is 20.6. The van der Waals surface area contributed by atoms with E-state index in [2.05, 4.69) is 27.9 Å². The summed E-state index contributed by atoms with van der Waals surface area (Å²) in [5, 5.41) is 3.13. The van der Waals surface area contributed by atoms with Gasteiger partial charge in [0.05, 0.1) is 49.9 Å². The van der Waals surface area contributed by atoms with Crippen molar-refractivity contribution in [3.05, 3.63) is 116 Å². The number of nitrogens with one attached hydrogen (secondary N) is 2. The molecule has 0 saturated carbocycles. The molecular weight excluding hydrogens is 480 g/mol. The van der Waals surface area contributed by atoms with Crippen LogP contribution in [0, 0.1) is 13.8 Å². The normalized spacial score (nSPS) is 14.6. The van der Waals surface area contributed by atoms with Crippen LogP contribution < -0.4 is 26.0 Å². The average molecular weight is 505 g/mol. The number of Topliss-reactive ketones (excluding diaryl/α,β-unsaturated/α-hetero) is 1. The van der Waals surface area contributed by atoms with Gasteiger partial charge < -0.3 is 14.7 Å². The number of pyridine rings is 1. The van der Waals surface area contributed by atoms with Crippen LogP contribution in [0.2, 0.25) is 0 Å². The van der Waals surface area contributed by atoms with E-state index in [1.807, 2.05) is 73.7 Å². The molecule has 1 aliphatic rings. The van der Waals surface area contributed by atoms with Gasteiger partial charge in [-0.1, -0.05) is 24.3 Å². The minimum atomic E-state index is -0.0641. The number of aromatic nitrogens is 3. The summed E-state index contributed by atoms with van der Waals surface area (Å²) in [6.45, 7) is 4.09. The van der Waals surface area contributed by atoms with Crippen molar-refractivity contribution in [3.63, 3.8) is 0 Å². The summed E-state index contributed by atoms with van der Waals surface area (Å²) in [5.41, 5.74) is 5.27. The Balaban J connectivity index is 1.53. The van der Waals surface area contributed by atoms with E-state index < -0.39 is 0 Å². The molecule has 1 aliphatic heterocycles. The van der Waals surface area contributed by atoms with Crippen LogP contribution in [0.25, 0.3) is 27.9 Å². The van der Waals surface area contributed by atoms with Gasteiger partial charge in [0.2, 0.25) is 5.78 Å². The fraction of sp³-hybridized carbons (Fsp3) is 0.100. The molecule has 5 heterocycles. The largest absolute Gasteiger partial charge is 0.494 e. The number of aromatic amines is 2. The number of fused-ring (bicyclic) bond motifs is 1. The molecule has 0 unspecified atom stereocenters. The number of methoxy groups -OCH3 is 1. The number of ether oxygens (including phenoxy) is 1. The van der Waals surface area contributed by atoms with Gasteiger partial charge in [-0.05, 0) is 61.9 Å². The average Bonchev–Trinajstić information content (AvgIpc) is 3.69. The molecule has 0 spiro atoms. The van der Waals surface area contributed by atoms with E-state index in [9.17, 15) is 4.79 Å². The van der Waals surface area contributed by atoms with Crippen LogP contribution >= 0.6 is 11.3 Å². The van der Waals surface area contributed by atoms with Crippen molar-refractivity contribution in [3.8, 4) is 16.3 Å². The Kier molecular flexibility index (Phi) is 5.70. The molecule has 0 bridgehead atoms. The van der Waals surface area contributed by atoms with Crippen molar-refractivity contribution in [1.82, 2.24) is 15.0 Å². The maximum atomic E-state index is 14.0. The van der Waals surface area contributed by atoms with Crippen molar-refractivity contribution < 1.29 is 9.53 Å². The van der Waals surface area contributed by atoms with E-state index in [1.165, 1.54) is 11.3 Å². The fourth-order valence-corrected chi connectivity index (χ4v) is 5.57. The molecule has 7 heteroatoms. The van der Waals surface area contributed by atoms with Gasteiger partial charge in [-0.25, -0.2) is 4.99 Å². The van der Waals surface area contributed by atoms with E-state index in [4.69, 9.17) is 9.73 Å². The van der Waals surface area contributed by atoms with Gasteiger partial charge in [0.25, 0.3) is 0 Å². The lowest BCUT2D eigenvalue weighted by Crippen LogP contribution is -2.24. The number of ketones is 1. The summed E-state index contributed by atoms with van der Waals surface area (Å²) in [5.74, 6) is 0.617. The Bertz CT molecular complexity index is 1910. The van der Waals surface area contributed by atoms with Gasteiger partial charge >= 0.3 is 0 Å². The standard InChI is InChI=1S/C30H24N4O2S/c1-17-14-18(2)32-22(17)15-23-25(36-3)16-24(33-23)29-28(19-8-4-5-9-20(19)34-29)30(35)27-12-11-26(37-27)21-10-6-7-13-31-21/h4-16,32-33H,1-3H3/b23-15-,29-24-. The minimum absolute atomic E-state index is 0.0641. The first-order valence-corrected chi connectivity index (χ1v) is 12.7. The van der Waals surface area contributed by atoms with Crippen LogP contribution in [-0.2, 0) is 0 Å². The van der Waals surface area contributed by atoms with Gasteiger partial charge in [-0.2, -0.15) is 0 Å². The first-order valence-electron chi connectivity index (χ1n) is 11.9. The maximum Gasteiger partial charge on any atom is 0.205 e. The number of carbonyl (C=O) groups excluding carboxylic acids is 1. The van der Waals surface area contributed by atoms with Crippen LogP contribution in [-0.4, -0.2) is 27.8 Å². The number of hydrogen-bond donors (Lipinski definition) is 2. The first-order chi connectivity index (χ1) is 18.0. The van der Waals surface area contributed by atoms with Crippen LogP contribution in [0.1, 0.15) is 26.6 Å². The molecule has 6 rings (SSSR count). The molecule has 0 fully saturated rings. The molecule has 0 amide bonds. The van der Waals surface area contributed by atoms with Crippen LogP contribution in [0.5, 0.6) is 5.75 Å². The van der Waals surface area contributed by atoms with Gasteiger partial charge in [0.15, 0.2) is 0 Å². The van der Waals surface area contributed by atoms with E-state index in [-0.39, 0.29) is 5.78 Å². The number of aryl methyl sites for hydroxylation is 2. The van der Waals surface area contributed by atoms with E-state index in [1.54, 1.807) is 13.3 Å². The fourth-order valence-electron chi connectivity index (χ4n) is 4.64. The number of nitrogens with zero attached hydrogens (tertiary/aromatic N) is 2. The lowest BCUT2D eigenvalue weighted by molar-refractivity contribution is 0.106. The topological polar surface area (TPSA) is 83.1 Å². The zero-order valence-corrected chi connectivity index (χ0v) is 21.4. The summed E-state index contributed by atoms with van der Waals surface area (Å²) in [6, 6.07) is 21.3. The van der Waals surface area contributed by atoms with Gasteiger partial charge in [0, 0.05) is 28.9 Å². The Labute approximate surface area is 217 Å². The van der Waals surface area contributed by atoms with Gasteiger partial charge in [-0.15, -0.1) is 11.3 Å². The summed E-state index contributed by atoms with van der Waals surface area (Å²) in [6.07, 6.45) is 3.78. The number of rotatable bonds is 5. The van der Waals surface area contributed by atoms with E-state index >= 15 is 0 Å². The number of thiophene rings is 1. The molecule has 182 valence electrons. The van der Waals surface area contributed by atoms with Crippen molar-refractivity contribution >= 4 is 34.5 Å². The highest BCUT2D eigenvalue weighted by Gasteiger charge is 2.24. The van der Waals surface area contributed by atoms with Crippen molar-refractivity contribution in [1.29, 1.82) is 0 Å². The maximum absolute atomic E-state index is 14.0. The van der Waals surface area contributed by atoms with Gasteiger partial charge in [-0.3, -0.25) is 9.78 Å². The second kappa shape index (κ2) is 9.19. The number of carbonyl (C=O) groups is 1. The third-order valence-electron chi connectivity index (χ3n) is 6.38. The Morgan fingerprint density at radius 1 is 1.00 bits per heavy atom. The highest BCUT2D eigenvalue weighted by molar-refractivity contribution is 7.17. The summed E-state index contributed by atoms with van der Waals surface area (Å²) < 4.78 is 5.68. The molecule has 5 aromatic rings. The van der Waals surface area contributed by atoms with Crippen LogP contribution in [0.3, 0.4) is 0 Å². The number of benzene rings is 1. The van der Waals surface area contributed by atoms with Crippen LogP contribution in [0.4, 0.5) is 0 Å². The van der Waals surface area contributed by atoms with E-state index in [0.29, 0.717) is 21.9 Å². The third-order valence-corrected chi connectivity index (χ3v) is 7.49. The highest BCUT2D eigenvalue weighted by Crippen LogP contribution is 2.30. The molecule has 37 heavy (non-hydrogen) atoms. The Morgan fingerprint density at radius 2 is 1.84 bits per heavy atom. The first kappa shape index (κ1) is 22.9. The molecule has 0 atom stereocenters. The van der Waals surface area contributed by atoms with Crippen LogP contribution in [0.15, 0.2) is 77.9 Å². The molecule has 6 nitrogen and oxygen atoms in total. The Morgan fingerprint density at radius 3 is 2.59 bits per heavy atom. The molecule has 1 aromatic carbocycles.